The summed E-state index contributed by atoms with van der Waals surface area (Å²) in [7, 11) is 0. The molecule has 1 aromatic carbocycles. The van der Waals surface area contributed by atoms with E-state index >= 15 is 0 Å². The summed E-state index contributed by atoms with van der Waals surface area (Å²) in [6.07, 6.45) is -3.05. The number of halogens is 3. The lowest BCUT2D eigenvalue weighted by atomic mass is 10.3. The Morgan fingerprint density at radius 1 is 1.00 bits per heavy atom. The number of para-hydroxylation sites is 2. The zero-order chi connectivity index (χ0) is 22.7. The van der Waals surface area contributed by atoms with Crippen LogP contribution in [0.3, 0.4) is 0 Å². The number of piperazine rings is 1. The maximum absolute atomic E-state index is 12.6. The molecular weight excluding hydrogens is 427 g/mol. The minimum atomic E-state index is -4.85. The van der Waals surface area contributed by atoms with Crippen molar-refractivity contribution in [3.8, 4) is 11.6 Å². The second-order valence-corrected chi connectivity index (χ2v) is 7.10. The van der Waals surface area contributed by atoms with Crippen molar-refractivity contribution in [3.63, 3.8) is 0 Å². The average Bonchev–Trinajstić information content (AvgIpc) is 3.21. The van der Waals surface area contributed by atoms with E-state index < -0.39 is 18.1 Å². The predicted octanol–water partition coefficient (Wildman–Crippen LogP) is 3.22. The number of rotatable bonds is 4. The molecule has 168 valence electrons. The normalized spacial score (nSPS) is 14.4. The molecule has 1 saturated heterocycles. The van der Waals surface area contributed by atoms with Gasteiger partial charge in [0.2, 0.25) is 0 Å². The largest absolute Gasteiger partial charge is 0.573 e. The molecule has 0 saturated carbocycles. The number of ether oxygens (including phenoxy) is 1. The molecule has 4 rings (SSSR count). The Morgan fingerprint density at radius 3 is 2.31 bits per heavy atom. The number of hydrogen-bond donors (Lipinski definition) is 1. The van der Waals surface area contributed by atoms with E-state index in [9.17, 15) is 18.0 Å². The molecule has 1 aliphatic rings. The van der Waals surface area contributed by atoms with Crippen LogP contribution in [-0.4, -0.2) is 63.5 Å². The molecule has 32 heavy (non-hydrogen) atoms. The first-order chi connectivity index (χ1) is 15.3. The van der Waals surface area contributed by atoms with Crippen LogP contribution in [0, 0.1) is 6.92 Å². The fourth-order valence-corrected chi connectivity index (χ4v) is 3.27. The number of amides is 2. The summed E-state index contributed by atoms with van der Waals surface area (Å²) in [6.45, 7) is 3.63. The zero-order valence-electron chi connectivity index (χ0n) is 17.1. The Bertz CT molecular complexity index is 1080. The van der Waals surface area contributed by atoms with E-state index in [1.165, 1.54) is 23.1 Å². The van der Waals surface area contributed by atoms with Crippen LogP contribution in [-0.2, 0) is 0 Å². The number of aryl methyl sites for hydroxylation is 1. The average molecular weight is 447 g/mol. The number of nitrogens with zero attached hydrogens (tertiary/aromatic N) is 6. The van der Waals surface area contributed by atoms with Gasteiger partial charge in [-0.25, -0.2) is 9.48 Å². The van der Waals surface area contributed by atoms with Crippen molar-refractivity contribution in [1.29, 1.82) is 0 Å². The SMILES string of the molecule is Cc1ccn(-c2ccc(N3CCN(C(=O)Nc4ccccc4OC(F)(F)F)CC3)nn2)n1. The van der Waals surface area contributed by atoms with E-state index in [1.807, 2.05) is 30.0 Å². The first kappa shape index (κ1) is 21.4. The van der Waals surface area contributed by atoms with Crippen LogP contribution < -0.4 is 15.0 Å². The van der Waals surface area contributed by atoms with Crippen LogP contribution in [0.1, 0.15) is 5.69 Å². The van der Waals surface area contributed by atoms with Crippen LogP contribution in [0.4, 0.5) is 29.5 Å². The van der Waals surface area contributed by atoms with Crippen LogP contribution in [0.2, 0.25) is 0 Å². The molecule has 12 heteroatoms. The van der Waals surface area contributed by atoms with Gasteiger partial charge >= 0.3 is 12.4 Å². The molecule has 0 aliphatic carbocycles. The third-order valence-electron chi connectivity index (χ3n) is 4.84. The number of nitrogens with one attached hydrogen (secondary N) is 1. The summed E-state index contributed by atoms with van der Waals surface area (Å²) in [4.78, 5) is 16.1. The lowest BCUT2D eigenvalue weighted by molar-refractivity contribution is -0.274. The molecule has 0 radical (unpaired) electrons. The summed E-state index contributed by atoms with van der Waals surface area (Å²) in [5, 5.41) is 15.2. The second-order valence-electron chi connectivity index (χ2n) is 7.10. The van der Waals surface area contributed by atoms with Gasteiger partial charge in [-0.2, -0.15) is 5.10 Å². The van der Waals surface area contributed by atoms with E-state index in [-0.39, 0.29) is 5.69 Å². The molecule has 9 nitrogen and oxygen atoms in total. The highest BCUT2D eigenvalue weighted by molar-refractivity contribution is 5.91. The number of carbonyl (C=O) groups excluding carboxylic acids is 1. The summed E-state index contributed by atoms with van der Waals surface area (Å²) < 4.78 is 43.3. The van der Waals surface area contributed by atoms with Gasteiger partial charge in [0.05, 0.1) is 11.4 Å². The molecule has 3 aromatic rings. The molecule has 1 fully saturated rings. The van der Waals surface area contributed by atoms with Gasteiger partial charge < -0.3 is 19.9 Å². The van der Waals surface area contributed by atoms with Gasteiger partial charge in [0.25, 0.3) is 0 Å². The predicted molar refractivity (Wildman–Crippen MR) is 110 cm³/mol. The van der Waals surface area contributed by atoms with E-state index in [1.54, 1.807) is 10.9 Å². The molecular formula is C20H20F3N7O2. The van der Waals surface area contributed by atoms with Crippen molar-refractivity contribution in [2.45, 2.75) is 13.3 Å². The number of hydrogen-bond acceptors (Lipinski definition) is 6. The second kappa shape index (κ2) is 8.73. The number of carbonyl (C=O) groups is 1. The van der Waals surface area contributed by atoms with E-state index in [4.69, 9.17) is 0 Å². The molecule has 3 heterocycles. The Balaban J connectivity index is 1.34. The van der Waals surface area contributed by atoms with Crippen LogP contribution in [0.25, 0.3) is 5.82 Å². The topological polar surface area (TPSA) is 88.4 Å². The van der Waals surface area contributed by atoms with E-state index in [0.29, 0.717) is 37.8 Å². The number of aromatic nitrogens is 4. The quantitative estimate of drug-likeness (QED) is 0.661. The Labute approximate surface area is 181 Å². The molecule has 0 unspecified atom stereocenters. The summed E-state index contributed by atoms with van der Waals surface area (Å²) >= 11 is 0. The number of anilines is 2. The zero-order valence-corrected chi connectivity index (χ0v) is 17.1. The van der Waals surface area contributed by atoms with Gasteiger partial charge in [0.15, 0.2) is 17.4 Å². The molecule has 1 N–H and O–H groups in total. The van der Waals surface area contributed by atoms with Crippen molar-refractivity contribution in [2.24, 2.45) is 0 Å². The van der Waals surface area contributed by atoms with E-state index in [0.717, 1.165) is 11.8 Å². The van der Waals surface area contributed by atoms with Crippen LogP contribution in [0.5, 0.6) is 5.75 Å². The van der Waals surface area contributed by atoms with Gasteiger partial charge in [-0.15, -0.1) is 23.4 Å². The monoisotopic (exact) mass is 447 g/mol. The minimum absolute atomic E-state index is 0.0485. The lowest BCUT2D eigenvalue weighted by Gasteiger charge is -2.35. The van der Waals surface area contributed by atoms with Crippen molar-refractivity contribution in [3.05, 3.63) is 54.4 Å². The fourth-order valence-electron chi connectivity index (χ4n) is 3.27. The third-order valence-corrected chi connectivity index (χ3v) is 4.84. The van der Waals surface area contributed by atoms with Crippen molar-refractivity contribution >= 4 is 17.5 Å². The first-order valence-corrected chi connectivity index (χ1v) is 9.80. The maximum atomic E-state index is 12.6. The molecule has 1 aliphatic heterocycles. The number of alkyl halides is 3. The summed E-state index contributed by atoms with van der Waals surface area (Å²) in [5.41, 5.74) is 0.824. The number of urea groups is 1. The van der Waals surface area contributed by atoms with Crippen molar-refractivity contribution < 1.29 is 22.7 Å². The van der Waals surface area contributed by atoms with Gasteiger partial charge in [-0.3, -0.25) is 0 Å². The highest BCUT2D eigenvalue weighted by Gasteiger charge is 2.32. The first-order valence-electron chi connectivity index (χ1n) is 9.80. The third kappa shape index (κ3) is 5.07. The van der Waals surface area contributed by atoms with Gasteiger partial charge in [0, 0.05) is 32.4 Å². The molecule has 2 aromatic heterocycles. The molecule has 2 amide bonds. The molecule has 0 atom stereocenters. The standard InChI is InChI=1S/C20H20F3N7O2/c1-14-8-9-30(27-14)18-7-6-17(25-26-18)28-10-12-29(13-11-28)19(31)24-15-4-2-3-5-16(15)32-20(21,22)23/h2-9H,10-13H2,1H3,(H,24,31). The molecule has 0 bridgehead atoms. The van der Waals surface area contributed by atoms with E-state index in [2.05, 4.69) is 25.3 Å². The Morgan fingerprint density at radius 2 is 1.69 bits per heavy atom. The summed E-state index contributed by atoms with van der Waals surface area (Å²) in [5.74, 6) is 0.802. The molecule has 0 spiro atoms. The van der Waals surface area contributed by atoms with Gasteiger partial charge in [-0.1, -0.05) is 12.1 Å². The minimum Gasteiger partial charge on any atom is -0.404 e. The lowest BCUT2D eigenvalue weighted by Crippen LogP contribution is -2.50. The van der Waals surface area contributed by atoms with Crippen molar-refractivity contribution in [1.82, 2.24) is 24.9 Å². The summed E-state index contributed by atoms with van der Waals surface area (Å²) in [6, 6.07) is 10.4. The highest BCUT2D eigenvalue weighted by Crippen LogP contribution is 2.30. The van der Waals surface area contributed by atoms with Gasteiger partial charge in [0.1, 0.15) is 0 Å². The highest BCUT2D eigenvalue weighted by atomic mass is 19.4. The Kier molecular flexibility index (Phi) is 5.84. The van der Waals surface area contributed by atoms with Gasteiger partial charge in [-0.05, 0) is 37.3 Å². The number of benzene rings is 1. The Hall–Kier alpha value is -3.83. The smallest absolute Gasteiger partial charge is 0.404 e. The maximum Gasteiger partial charge on any atom is 0.573 e. The fraction of sp³-hybridized carbons (Fsp3) is 0.300. The van der Waals surface area contributed by atoms with Crippen LogP contribution in [0.15, 0.2) is 48.7 Å². The van der Waals surface area contributed by atoms with Crippen molar-refractivity contribution in [2.75, 3.05) is 36.4 Å². The van der Waals surface area contributed by atoms with Crippen LogP contribution >= 0.6 is 0 Å².